The number of hydrogen-bond donors (Lipinski definition) is 1. The van der Waals surface area contributed by atoms with Crippen LogP contribution in [0.2, 0.25) is 0 Å². The normalized spacial score (nSPS) is 22.6. The summed E-state index contributed by atoms with van der Waals surface area (Å²) < 4.78 is 4.99. The van der Waals surface area contributed by atoms with Gasteiger partial charge in [-0.15, -0.1) is 0 Å². The van der Waals surface area contributed by atoms with Crippen LogP contribution in [0.5, 0.6) is 0 Å². The molecule has 2 saturated heterocycles. The Kier molecular flexibility index (Phi) is 3.59. The first-order valence-corrected chi connectivity index (χ1v) is 8.20. The zero-order chi connectivity index (χ0) is 16.6. The van der Waals surface area contributed by atoms with E-state index in [9.17, 15) is 9.59 Å². The van der Waals surface area contributed by atoms with Crippen molar-refractivity contribution in [2.45, 2.75) is 30.7 Å². The Hall–Kier alpha value is -2.63. The number of carbonyl (C=O) groups excluding carboxylic acids is 2. The molecule has 24 heavy (non-hydrogen) atoms. The lowest BCUT2D eigenvalue weighted by Gasteiger charge is -2.39. The van der Waals surface area contributed by atoms with Gasteiger partial charge in [0.2, 0.25) is 5.91 Å². The average molecular weight is 325 g/mol. The van der Waals surface area contributed by atoms with Crippen molar-refractivity contribution >= 4 is 11.8 Å². The molecule has 2 amide bonds. The van der Waals surface area contributed by atoms with Gasteiger partial charge in [0.05, 0.1) is 17.7 Å². The molecule has 124 valence electrons. The molecule has 2 aromatic heterocycles. The molecule has 4 heterocycles. The monoisotopic (exact) mass is 325 g/mol. The second kappa shape index (κ2) is 5.78. The first-order chi connectivity index (χ1) is 11.7. The lowest BCUT2D eigenvalue weighted by atomic mass is 9.82. The average Bonchev–Trinajstić information content (AvgIpc) is 3.25. The fourth-order valence-corrected chi connectivity index (χ4v) is 3.77. The van der Waals surface area contributed by atoms with Crippen molar-refractivity contribution in [2.75, 3.05) is 13.1 Å². The molecular weight excluding hydrogens is 306 g/mol. The number of piperidine rings is 1. The van der Waals surface area contributed by atoms with Crippen LogP contribution in [0.4, 0.5) is 0 Å². The van der Waals surface area contributed by atoms with Gasteiger partial charge in [-0.3, -0.25) is 14.6 Å². The van der Waals surface area contributed by atoms with E-state index in [0.29, 0.717) is 18.7 Å². The Balaban J connectivity index is 1.44. The molecule has 6 heteroatoms. The van der Waals surface area contributed by atoms with Crippen molar-refractivity contribution in [1.82, 2.24) is 15.2 Å². The lowest BCUT2D eigenvalue weighted by molar-refractivity contribution is -0.121. The lowest BCUT2D eigenvalue weighted by Crippen LogP contribution is -2.52. The maximum atomic E-state index is 12.4. The van der Waals surface area contributed by atoms with Crippen LogP contribution >= 0.6 is 0 Å². The largest absolute Gasteiger partial charge is 0.472 e. The Morgan fingerprint density at radius 2 is 2.17 bits per heavy atom. The molecular formula is C18H19N3O3. The van der Waals surface area contributed by atoms with Crippen LogP contribution in [0.25, 0.3) is 0 Å². The number of furan rings is 1. The van der Waals surface area contributed by atoms with E-state index in [1.807, 2.05) is 17.0 Å². The Bertz CT molecular complexity index is 734. The molecule has 0 bridgehead atoms. The predicted molar refractivity (Wildman–Crippen MR) is 86.3 cm³/mol. The zero-order valence-electron chi connectivity index (χ0n) is 13.3. The molecule has 1 N–H and O–H groups in total. The highest BCUT2D eigenvalue weighted by molar-refractivity contribution is 5.94. The number of hydrogen-bond acceptors (Lipinski definition) is 4. The standard InChI is InChI=1S/C18H19N3O3/c22-16-15(13-2-1-6-19-11-13)10-18(20-16)4-7-21(8-5-18)17(23)14-3-9-24-12-14/h1-3,6,9,11-12,15H,4-5,7-8,10H2,(H,20,22). The molecule has 2 fully saturated rings. The van der Waals surface area contributed by atoms with Gasteiger partial charge in [0.25, 0.3) is 5.91 Å². The molecule has 1 unspecified atom stereocenters. The van der Waals surface area contributed by atoms with E-state index < -0.39 is 0 Å². The van der Waals surface area contributed by atoms with E-state index >= 15 is 0 Å². The SMILES string of the molecule is O=C1NC2(CCN(C(=O)c3ccoc3)CC2)CC1c1cccnc1. The molecule has 2 aliphatic rings. The van der Waals surface area contributed by atoms with Crippen LogP contribution in [0, 0.1) is 0 Å². The highest BCUT2D eigenvalue weighted by atomic mass is 16.3. The third kappa shape index (κ3) is 2.58. The smallest absolute Gasteiger partial charge is 0.257 e. The van der Waals surface area contributed by atoms with Crippen molar-refractivity contribution in [3.63, 3.8) is 0 Å². The van der Waals surface area contributed by atoms with Gasteiger partial charge in [-0.1, -0.05) is 6.07 Å². The highest BCUT2D eigenvalue weighted by Gasteiger charge is 2.46. The van der Waals surface area contributed by atoms with Gasteiger partial charge in [0.1, 0.15) is 6.26 Å². The molecule has 2 aliphatic heterocycles. The number of likely N-dealkylation sites (tertiary alicyclic amines) is 1. The second-order valence-electron chi connectivity index (χ2n) is 6.62. The van der Waals surface area contributed by atoms with Gasteiger partial charge in [0.15, 0.2) is 0 Å². The summed E-state index contributed by atoms with van der Waals surface area (Å²) in [6.45, 7) is 1.29. The highest BCUT2D eigenvalue weighted by Crippen LogP contribution is 2.39. The summed E-state index contributed by atoms with van der Waals surface area (Å²) >= 11 is 0. The van der Waals surface area contributed by atoms with Crippen LogP contribution in [-0.4, -0.2) is 40.3 Å². The van der Waals surface area contributed by atoms with E-state index in [2.05, 4.69) is 10.3 Å². The maximum absolute atomic E-state index is 12.4. The van der Waals surface area contributed by atoms with E-state index in [1.54, 1.807) is 18.5 Å². The van der Waals surface area contributed by atoms with E-state index in [-0.39, 0.29) is 23.3 Å². The summed E-state index contributed by atoms with van der Waals surface area (Å²) in [6.07, 6.45) is 8.78. The maximum Gasteiger partial charge on any atom is 0.257 e. The van der Waals surface area contributed by atoms with Crippen LogP contribution in [0.1, 0.15) is 41.1 Å². The predicted octanol–water partition coefficient (Wildman–Crippen LogP) is 1.95. The molecule has 0 radical (unpaired) electrons. The molecule has 2 aromatic rings. The molecule has 6 nitrogen and oxygen atoms in total. The number of pyridine rings is 1. The number of aromatic nitrogens is 1. The summed E-state index contributed by atoms with van der Waals surface area (Å²) in [5.41, 5.74) is 1.34. The van der Waals surface area contributed by atoms with Crippen LogP contribution in [0.3, 0.4) is 0 Å². The number of nitrogens with one attached hydrogen (secondary N) is 1. The number of rotatable bonds is 2. The third-order valence-corrected chi connectivity index (χ3v) is 5.16. The topological polar surface area (TPSA) is 75.4 Å². The summed E-state index contributed by atoms with van der Waals surface area (Å²) in [5, 5.41) is 3.19. The Morgan fingerprint density at radius 3 is 2.83 bits per heavy atom. The number of carbonyl (C=O) groups is 2. The Morgan fingerprint density at radius 1 is 1.33 bits per heavy atom. The van der Waals surface area contributed by atoms with Gasteiger partial charge < -0.3 is 14.6 Å². The third-order valence-electron chi connectivity index (χ3n) is 5.16. The fourth-order valence-electron chi connectivity index (χ4n) is 3.77. The van der Waals surface area contributed by atoms with Gasteiger partial charge >= 0.3 is 0 Å². The minimum Gasteiger partial charge on any atom is -0.472 e. The van der Waals surface area contributed by atoms with E-state index in [4.69, 9.17) is 4.42 Å². The summed E-state index contributed by atoms with van der Waals surface area (Å²) in [4.78, 5) is 30.8. The van der Waals surface area contributed by atoms with Crippen molar-refractivity contribution in [3.05, 3.63) is 54.2 Å². The molecule has 1 atom stereocenters. The molecule has 0 aromatic carbocycles. The van der Waals surface area contributed by atoms with Gasteiger partial charge in [-0.05, 0) is 37.0 Å². The van der Waals surface area contributed by atoms with Crippen LogP contribution in [0.15, 0.2) is 47.5 Å². The van der Waals surface area contributed by atoms with Gasteiger partial charge in [-0.2, -0.15) is 0 Å². The van der Waals surface area contributed by atoms with E-state index in [0.717, 1.165) is 24.8 Å². The van der Waals surface area contributed by atoms with Gasteiger partial charge in [-0.25, -0.2) is 0 Å². The molecule has 0 saturated carbocycles. The summed E-state index contributed by atoms with van der Waals surface area (Å²) in [5.74, 6) is -0.0841. The first kappa shape index (κ1) is 14.9. The second-order valence-corrected chi connectivity index (χ2v) is 6.62. The van der Waals surface area contributed by atoms with Crippen molar-refractivity contribution in [2.24, 2.45) is 0 Å². The van der Waals surface area contributed by atoms with Crippen molar-refractivity contribution in [3.8, 4) is 0 Å². The van der Waals surface area contributed by atoms with Gasteiger partial charge in [0, 0.05) is 31.0 Å². The quantitative estimate of drug-likeness (QED) is 0.916. The zero-order valence-corrected chi connectivity index (χ0v) is 13.3. The summed E-state index contributed by atoms with van der Waals surface area (Å²) in [7, 11) is 0. The molecule has 4 rings (SSSR count). The minimum absolute atomic E-state index is 0.00765. The summed E-state index contributed by atoms with van der Waals surface area (Å²) in [6, 6.07) is 5.50. The van der Waals surface area contributed by atoms with Crippen molar-refractivity contribution in [1.29, 1.82) is 0 Å². The first-order valence-electron chi connectivity index (χ1n) is 8.20. The van der Waals surface area contributed by atoms with E-state index in [1.165, 1.54) is 12.5 Å². The molecule has 0 aliphatic carbocycles. The Labute approximate surface area is 139 Å². The minimum atomic E-state index is -0.204. The number of nitrogens with zero attached hydrogens (tertiary/aromatic N) is 2. The van der Waals surface area contributed by atoms with Crippen LogP contribution in [-0.2, 0) is 4.79 Å². The van der Waals surface area contributed by atoms with Crippen LogP contribution < -0.4 is 5.32 Å². The fraction of sp³-hybridized carbons (Fsp3) is 0.389. The molecule has 1 spiro atoms. The van der Waals surface area contributed by atoms with Crippen molar-refractivity contribution < 1.29 is 14.0 Å². The number of amides is 2.